The van der Waals surface area contributed by atoms with Crippen LogP contribution in [0.1, 0.15) is 36.9 Å². The Morgan fingerprint density at radius 2 is 2.26 bits per heavy atom. The molecule has 1 fully saturated rings. The fourth-order valence-corrected chi connectivity index (χ4v) is 3.34. The fourth-order valence-electron chi connectivity index (χ4n) is 3.34. The number of nitrogens with zero attached hydrogens (tertiary/aromatic N) is 1. The summed E-state index contributed by atoms with van der Waals surface area (Å²) in [5.74, 6) is 0. The van der Waals surface area contributed by atoms with Crippen molar-refractivity contribution >= 4 is 0 Å². The zero-order valence-corrected chi connectivity index (χ0v) is 11.8. The molecule has 2 unspecified atom stereocenters. The molecule has 1 aromatic rings. The summed E-state index contributed by atoms with van der Waals surface area (Å²) in [4.78, 5) is 2.57. The van der Waals surface area contributed by atoms with Crippen molar-refractivity contribution in [3.8, 4) is 0 Å². The molecule has 0 saturated carbocycles. The number of likely N-dealkylation sites (N-methyl/N-ethyl adjacent to an activating group) is 1. The molecule has 0 aliphatic carbocycles. The van der Waals surface area contributed by atoms with E-state index in [0.717, 1.165) is 26.3 Å². The molecule has 2 atom stereocenters. The first-order chi connectivity index (χ1) is 9.38. The number of hydrogen-bond donors (Lipinski definition) is 1. The Labute approximate surface area is 115 Å². The standard InChI is InChI=1S/C16H24N2O/c1-2-18(10-14-7-5-9-17-14)16-12-19-11-13-6-3-4-8-15(13)16/h3-4,6,8,14,16-17H,2,5,7,9-12H2,1H3. The van der Waals surface area contributed by atoms with E-state index in [1.807, 2.05) is 0 Å². The molecule has 19 heavy (non-hydrogen) atoms. The third-order valence-corrected chi connectivity index (χ3v) is 4.41. The van der Waals surface area contributed by atoms with Gasteiger partial charge in [-0.25, -0.2) is 0 Å². The summed E-state index contributed by atoms with van der Waals surface area (Å²) in [5.41, 5.74) is 2.82. The maximum Gasteiger partial charge on any atom is 0.0721 e. The highest BCUT2D eigenvalue weighted by Gasteiger charge is 2.27. The Morgan fingerprint density at radius 3 is 3.05 bits per heavy atom. The SMILES string of the molecule is CCN(CC1CCCN1)C1COCc2ccccc21. The van der Waals surface area contributed by atoms with Crippen LogP contribution in [0.2, 0.25) is 0 Å². The predicted octanol–water partition coefficient (Wildman–Crippen LogP) is 2.33. The molecule has 3 rings (SSSR count). The molecule has 1 aromatic carbocycles. The number of ether oxygens (including phenoxy) is 1. The number of rotatable bonds is 4. The highest BCUT2D eigenvalue weighted by molar-refractivity contribution is 5.31. The van der Waals surface area contributed by atoms with Crippen molar-refractivity contribution < 1.29 is 4.74 Å². The smallest absolute Gasteiger partial charge is 0.0721 e. The lowest BCUT2D eigenvalue weighted by Crippen LogP contribution is -2.42. The van der Waals surface area contributed by atoms with Crippen LogP contribution in [-0.4, -0.2) is 37.2 Å². The molecule has 2 aliphatic heterocycles. The van der Waals surface area contributed by atoms with Crippen molar-refractivity contribution in [3.05, 3.63) is 35.4 Å². The van der Waals surface area contributed by atoms with E-state index >= 15 is 0 Å². The van der Waals surface area contributed by atoms with Crippen LogP contribution in [-0.2, 0) is 11.3 Å². The number of fused-ring (bicyclic) bond motifs is 1. The van der Waals surface area contributed by atoms with Gasteiger partial charge in [0, 0.05) is 12.6 Å². The van der Waals surface area contributed by atoms with Crippen molar-refractivity contribution in [1.29, 1.82) is 0 Å². The van der Waals surface area contributed by atoms with Crippen LogP contribution < -0.4 is 5.32 Å². The summed E-state index contributed by atoms with van der Waals surface area (Å²) >= 11 is 0. The van der Waals surface area contributed by atoms with E-state index in [1.54, 1.807) is 0 Å². The number of benzene rings is 1. The number of hydrogen-bond acceptors (Lipinski definition) is 3. The topological polar surface area (TPSA) is 24.5 Å². The van der Waals surface area contributed by atoms with Gasteiger partial charge in [-0.15, -0.1) is 0 Å². The summed E-state index contributed by atoms with van der Waals surface area (Å²) < 4.78 is 5.79. The van der Waals surface area contributed by atoms with E-state index in [-0.39, 0.29) is 0 Å². The summed E-state index contributed by atoms with van der Waals surface area (Å²) in [6, 6.07) is 9.82. The van der Waals surface area contributed by atoms with Crippen LogP contribution in [0.4, 0.5) is 0 Å². The van der Waals surface area contributed by atoms with E-state index in [4.69, 9.17) is 4.74 Å². The van der Waals surface area contributed by atoms with Gasteiger partial charge in [0.05, 0.1) is 19.3 Å². The second-order valence-electron chi connectivity index (χ2n) is 5.61. The Hall–Kier alpha value is -0.900. The van der Waals surface area contributed by atoms with Crippen molar-refractivity contribution in [2.24, 2.45) is 0 Å². The van der Waals surface area contributed by atoms with Crippen LogP contribution in [0.5, 0.6) is 0 Å². The largest absolute Gasteiger partial charge is 0.375 e. The van der Waals surface area contributed by atoms with Crippen LogP contribution in [0.25, 0.3) is 0 Å². The molecular formula is C16H24N2O. The maximum absolute atomic E-state index is 5.79. The molecule has 0 amide bonds. The highest BCUT2D eigenvalue weighted by atomic mass is 16.5. The number of nitrogens with one attached hydrogen (secondary N) is 1. The summed E-state index contributed by atoms with van der Waals surface area (Å²) in [6.07, 6.45) is 2.63. The molecule has 0 spiro atoms. The third-order valence-electron chi connectivity index (χ3n) is 4.41. The van der Waals surface area contributed by atoms with Gasteiger partial charge in [0.2, 0.25) is 0 Å². The van der Waals surface area contributed by atoms with Crippen molar-refractivity contribution in [3.63, 3.8) is 0 Å². The van der Waals surface area contributed by atoms with Crippen LogP contribution in [0, 0.1) is 0 Å². The van der Waals surface area contributed by atoms with Gasteiger partial charge in [0.15, 0.2) is 0 Å². The average molecular weight is 260 g/mol. The van der Waals surface area contributed by atoms with Gasteiger partial charge in [-0.2, -0.15) is 0 Å². The van der Waals surface area contributed by atoms with Crippen molar-refractivity contribution in [1.82, 2.24) is 10.2 Å². The van der Waals surface area contributed by atoms with Gasteiger partial charge in [0.25, 0.3) is 0 Å². The lowest BCUT2D eigenvalue weighted by Gasteiger charge is -2.36. The molecule has 3 nitrogen and oxygen atoms in total. The molecular weight excluding hydrogens is 236 g/mol. The van der Waals surface area contributed by atoms with E-state index in [1.165, 1.54) is 30.5 Å². The second kappa shape index (κ2) is 6.04. The third kappa shape index (κ3) is 2.83. The van der Waals surface area contributed by atoms with Crippen molar-refractivity contribution in [2.75, 3.05) is 26.2 Å². The average Bonchev–Trinajstić information content (AvgIpc) is 2.97. The zero-order valence-electron chi connectivity index (χ0n) is 11.8. The molecule has 3 heteroatoms. The molecule has 1 saturated heterocycles. The summed E-state index contributed by atoms with van der Waals surface area (Å²) in [5, 5.41) is 3.60. The minimum Gasteiger partial charge on any atom is -0.375 e. The van der Waals surface area contributed by atoms with Crippen LogP contribution in [0.15, 0.2) is 24.3 Å². The Bertz CT molecular complexity index is 415. The molecule has 2 heterocycles. The molecule has 1 N–H and O–H groups in total. The zero-order chi connectivity index (χ0) is 13.1. The molecule has 2 aliphatic rings. The van der Waals surface area contributed by atoms with Gasteiger partial charge >= 0.3 is 0 Å². The normalized spacial score (nSPS) is 26.6. The van der Waals surface area contributed by atoms with Crippen LogP contribution in [0.3, 0.4) is 0 Å². The Morgan fingerprint density at radius 1 is 1.37 bits per heavy atom. The minimum absolute atomic E-state index is 0.428. The minimum atomic E-state index is 0.428. The fraction of sp³-hybridized carbons (Fsp3) is 0.625. The highest BCUT2D eigenvalue weighted by Crippen LogP contribution is 2.29. The summed E-state index contributed by atoms with van der Waals surface area (Å²) in [6.45, 7) is 7.26. The lowest BCUT2D eigenvalue weighted by molar-refractivity contribution is 0.0312. The summed E-state index contributed by atoms with van der Waals surface area (Å²) in [7, 11) is 0. The lowest BCUT2D eigenvalue weighted by atomic mass is 9.97. The van der Waals surface area contributed by atoms with E-state index < -0.39 is 0 Å². The van der Waals surface area contributed by atoms with Crippen LogP contribution >= 0.6 is 0 Å². The molecule has 104 valence electrons. The monoisotopic (exact) mass is 260 g/mol. The van der Waals surface area contributed by atoms with Crippen molar-refractivity contribution in [2.45, 2.75) is 38.5 Å². The van der Waals surface area contributed by atoms with Gasteiger partial charge < -0.3 is 10.1 Å². The molecule has 0 bridgehead atoms. The quantitative estimate of drug-likeness (QED) is 0.899. The first-order valence-corrected chi connectivity index (χ1v) is 7.51. The second-order valence-corrected chi connectivity index (χ2v) is 5.61. The van der Waals surface area contributed by atoms with Gasteiger partial charge in [-0.3, -0.25) is 4.90 Å². The first kappa shape index (κ1) is 13.1. The molecule has 0 radical (unpaired) electrons. The van der Waals surface area contributed by atoms with Gasteiger partial charge in [0.1, 0.15) is 0 Å². The van der Waals surface area contributed by atoms with E-state index in [2.05, 4.69) is 41.4 Å². The maximum atomic E-state index is 5.79. The Kier molecular flexibility index (Phi) is 4.16. The van der Waals surface area contributed by atoms with Gasteiger partial charge in [-0.1, -0.05) is 31.2 Å². The molecule has 0 aromatic heterocycles. The van der Waals surface area contributed by atoms with E-state index in [9.17, 15) is 0 Å². The Balaban J connectivity index is 1.76. The first-order valence-electron chi connectivity index (χ1n) is 7.51. The van der Waals surface area contributed by atoms with Gasteiger partial charge in [-0.05, 0) is 37.1 Å². The predicted molar refractivity (Wildman–Crippen MR) is 77.1 cm³/mol. The van der Waals surface area contributed by atoms with E-state index in [0.29, 0.717) is 12.1 Å².